The molecule has 0 radical (unpaired) electrons. The standard InChI is InChI=1S/C23H33N5O/c1-16(2)22-13-21(29-27-22)14-25-23(24-3)26-18-11-19-9-10-20(12-18)28(19)15-17-7-5-4-6-8-17/h4-8,13,16,18-20H,9-12,14-15H2,1-3H3,(H2,24,25,26). The maximum absolute atomic E-state index is 5.42. The predicted octanol–water partition coefficient (Wildman–Crippen LogP) is 3.66. The second kappa shape index (κ2) is 8.99. The van der Waals surface area contributed by atoms with Gasteiger partial charge in [0.2, 0.25) is 0 Å². The van der Waals surface area contributed by atoms with Gasteiger partial charge in [0, 0.05) is 37.8 Å². The summed E-state index contributed by atoms with van der Waals surface area (Å²) in [6, 6.07) is 14.7. The first-order valence-electron chi connectivity index (χ1n) is 10.8. The summed E-state index contributed by atoms with van der Waals surface area (Å²) < 4.78 is 5.42. The van der Waals surface area contributed by atoms with Crippen molar-refractivity contribution in [3.05, 3.63) is 53.4 Å². The maximum atomic E-state index is 5.42. The molecule has 2 aromatic rings. The molecule has 3 heterocycles. The highest BCUT2D eigenvalue weighted by molar-refractivity contribution is 5.79. The van der Waals surface area contributed by atoms with E-state index in [0.717, 1.165) is 24.0 Å². The summed E-state index contributed by atoms with van der Waals surface area (Å²) in [6.07, 6.45) is 4.95. The average molecular weight is 396 g/mol. The number of fused-ring (bicyclic) bond motifs is 2. The number of piperidine rings is 1. The molecule has 0 spiro atoms. The Bertz CT molecular complexity index is 802. The number of hydrogen-bond acceptors (Lipinski definition) is 4. The fourth-order valence-electron chi connectivity index (χ4n) is 4.69. The number of nitrogens with one attached hydrogen (secondary N) is 2. The lowest BCUT2D eigenvalue weighted by Crippen LogP contribution is -2.52. The lowest BCUT2D eigenvalue weighted by atomic mass is 9.96. The molecule has 156 valence electrons. The van der Waals surface area contributed by atoms with Crippen LogP contribution in [0.2, 0.25) is 0 Å². The van der Waals surface area contributed by atoms with Crippen molar-refractivity contribution in [2.75, 3.05) is 7.05 Å². The number of nitrogens with zero attached hydrogens (tertiary/aromatic N) is 3. The summed E-state index contributed by atoms with van der Waals surface area (Å²) in [6.45, 7) is 5.90. The molecule has 2 saturated heterocycles. The zero-order valence-corrected chi connectivity index (χ0v) is 17.8. The van der Waals surface area contributed by atoms with Crippen LogP contribution in [0.15, 0.2) is 45.9 Å². The van der Waals surface area contributed by atoms with E-state index in [2.05, 4.69) is 69.9 Å². The summed E-state index contributed by atoms with van der Waals surface area (Å²) in [5.41, 5.74) is 2.41. The molecule has 0 saturated carbocycles. The molecule has 2 fully saturated rings. The van der Waals surface area contributed by atoms with Gasteiger partial charge >= 0.3 is 0 Å². The van der Waals surface area contributed by atoms with Crippen LogP contribution in [0.5, 0.6) is 0 Å². The Morgan fingerprint density at radius 1 is 1.21 bits per heavy atom. The molecule has 29 heavy (non-hydrogen) atoms. The molecule has 6 heteroatoms. The third-order valence-electron chi connectivity index (χ3n) is 6.26. The Balaban J connectivity index is 1.29. The monoisotopic (exact) mass is 395 g/mol. The molecule has 2 bridgehead atoms. The minimum absolute atomic E-state index is 0.376. The second-order valence-corrected chi connectivity index (χ2v) is 8.65. The van der Waals surface area contributed by atoms with E-state index < -0.39 is 0 Å². The Kier molecular flexibility index (Phi) is 6.19. The van der Waals surface area contributed by atoms with Crippen LogP contribution in [0.1, 0.15) is 62.5 Å². The van der Waals surface area contributed by atoms with Gasteiger partial charge < -0.3 is 15.2 Å². The van der Waals surface area contributed by atoms with E-state index in [4.69, 9.17) is 4.52 Å². The van der Waals surface area contributed by atoms with Crippen molar-refractivity contribution in [1.29, 1.82) is 0 Å². The van der Waals surface area contributed by atoms with Gasteiger partial charge in [-0.15, -0.1) is 0 Å². The highest BCUT2D eigenvalue weighted by Crippen LogP contribution is 2.36. The van der Waals surface area contributed by atoms with E-state index >= 15 is 0 Å². The number of guanidine groups is 1. The summed E-state index contributed by atoms with van der Waals surface area (Å²) in [5.74, 6) is 2.06. The molecule has 2 aliphatic heterocycles. The third-order valence-corrected chi connectivity index (χ3v) is 6.26. The zero-order valence-electron chi connectivity index (χ0n) is 17.8. The van der Waals surface area contributed by atoms with Crippen molar-refractivity contribution in [3.8, 4) is 0 Å². The first-order valence-corrected chi connectivity index (χ1v) is 10.8. The lowest BCUT2D eigenvalue weighted by molar-refractivity contribution is 0.114. The van der Waals surface area contributed by atoms with E-state index in [1.807, 2.05) is 13.1 Å². The van der Waals surface area contributed by atoms with Gasteiger partial charge in [-0.05, 0) is 37.2 Å². The van der Waals surface area contributed by atoms with Gasteiger partial charge in [0.05, 0.1) is 12.2 Å². The summed E-state index contributed by atoms with van der Waals surface area (Å²) in [7, 11) is 1.83. The number of hydrogen-bond donors (Lipinski definition) is 2. The Morgan fingerprint density at radius 2 is 1.93 bits per heavy atom. The van der Waals surface area contributed by atoms with Gasteiger partial charge in [-0.1, -0.05) is 49.3 Å². The van der Waals surface area contributed by atoms with Gasteiger partial charge in [0.25, 0.3) is 0 Å². The average Bonchev–Trinajstić information content (AvgIpc) is 3.28. The molecule has 1 aromatic heterocycles. The van der Waals surface area contributed by atoms with Crippen LogP contribution in [0.25, 0.3) is 0 Å². The highest BCUT2D eigenvalue weighted by Gasteiger charge is 2.40. The van der Waals surface area contributed by atoms with Gasteiger partial charge in [-0.3, -0.25) is 9.89 Å². The number of benzene rings is 1. The lowest BCUT2D eigenvalue weighted by Gasteiger charge is -2.39. The molecular formula is C23H33N5O. The van der Waals surface area contributed by atoms with Crippen molar-refractivity contribution in [3.63, 3.8) is 0 Å². The Morgan fingerprint density at radius 3 is 2.55 bits per heavy atom. The summed E-state index contributed by atoms with van der Waals surface area (Å²) >= 11 is 0. The molecule has 0 aliphatic carbocycles. The van der Waals surface area contributed by atoms with Gasteiger partial charge in [-0.2, -0.15) is 0 Å². The van der Waals surface area contributed by atoms with Gasteiger partial charge in [0.1, 0.15) is 0 Å². The predicted molar refractivity (Wildman–Crippen MR) is 116 cm³/mol. The molecule has 2 atom stereocenters. The van der Waals surface area contributed by atoms with E-state index in [-0.39, 0.29) is 0 Å². The first-order chi connectivity index (χ1) is 14.1. The molecule has 2 unspecified atom stereocenters. The van der Waals surface area contributed by atoms with Crippen molar-refractivity contribution in [1.82, 2.24) is 20.7 Å². The molecule has 1 aromatic carbocycles. The van der Waals surface area contributed by atoms with E-state index in [1.165, 1.54) is 31.2 Å². The topological polar surface area (TPSA) is 65.7 Å². The normalized spacial score (nSPS) is 24.8. The fourth-order valence-corrected chi connectivity index (χ4v) is 4.69. The minimum Gasteiger partial charge on any atom is -0.359 e. The molecule has 4 rings (SSSR count). The van der Waals surface area contributed by atoms with Crippen molar-refractivity contribution < 1.29 is 4.52 Å². The SMILES string of the molecule is CN=C(NCc1cc(C(C)C)no1)NC1CC2CCC(C1)N2Cc1ccccc1. The number of aliphatic imine (C=N–C) groups is 1. The van der Waals surface area contributed by atoms with Crippen LogP contribution >= 0.6 is 0 Å². The molecule has 2 aliphatic rings. The maximum Gasteiger partial charge on any atom is 0.191 e. The highest BCUT2D eigenvalue weighted by atomic mass is 16.5. The van der Waals surface area contributed by atoms with Gasteiger partial charge in [-0.25, -0.2) is 0 Å². The molecule has 0 amide bonds. The minimum atomic E-state index is 0.376. The van der Waals surface area contributed by atoms with Crippen molar-refractivity contribution in [2.45, 2.75) is 76.7 Å². The summed E-state index contributed by atoms with van der Waals surface area (Å²) in [4.78, 5) is 7.13. The van der Waals surface area contributed by atoms with Crippen molar-refractivity contribution in [2.24, 2.45) is 4.99 Å². The van der Waals surface area contributed by atoms with Crippen LogP contribution in [0.3, 0.4) is 0 Å². The first kappa shape index (κ1) is 20.0. The van der Waals surface area contributed by atoms with Crippen molar-refractivity contribution >= 4 is 5.96 Å². The van der Waals surface area contributed by atoms with Crippen LogP contribution < -0.4 is 10.6 Å². The van der Waals surface area contributed by atoms with Crippen LogP contribution in [0, 0.1) is 0 Å². The second-order valence-electron chi connectivity index (χ2n) is 8.65. The number of aromatic nitrogens is 1. The molecular weight excluding hydrogens is 362 g/mol. The number of rotatable bonds is 6. The van der Waals surface area contributed by atoms with Gasteiger partial charge in [0.15, 0.2) is 11.7 Å². The van der Waals surface area contributed by atoms with E-state index in [0.29, 0.717) is 30.6 Å². The van der Waals surface area contributed by atoms with Crippen LogP contribution in [0.4, 0.5) is 0 Å². The summed E-state index contributed by atoms with van der Waals surface area (Å²) in [5, 5.41) is 11.1. The Labute approximate surface area is 173 Å². The largest absolute Gasteiger partial charge is 0.359 e. The third kappa shape index (κ3) is 4.81. The van der Waals surface area contributed by atoms with Crippen LogP contribution in [-0.4, -0.2) is 41.2 Å². The fraction of sp³-hybridized carbons (Fsp3) is 0.565. The van der Waals surface area contributed by atoms with E-state index in [1.54, 1.807) is 0 Å². The zero-order chi connectivity index (χ0) is 20.2. The molecule has 6 nitrogen and oxygen atoms in total. The molecule has 2 N–H and O–H groups in total. The van der Waals surface area contributed by atoms with E-state index in [9.17, 15) is 0 Å². The quantitative estimate of drug-likeness (QED) is 0.577. The smallest absolute Gasteiger partial charge is 0.191 e. The Hall–Kier alpha value is -2.34. The van der Waals surface area contributed by atoms with Crippen LogP contribution in [-0.2, 0) is 13.1 Å².